The third-order valence-corrected chi connectivity index (χ3v) is 5.57. The first-order valence-corrected chi connectivity index (χ1v) is 6.63. The molecule has 0 saturated carbocycles. The number of amides is 1. The van der Waals surface area contributed by atoms with Crippen molar-refractivity contribution in [2.45, 2.75) is 43.1 Å². The van der Waals surface area contributed by atoms with Crippen LogP contribution in [-0.4, -0.2) is 16.4 Å². The van der Waals surface area contributed by atoms with Crippen LogP contribution in [0.4, 0.5) is 0 Å². The fraction of sp³-hybridized carbons (Fsp3) is 0.875. The molecule has 1 aliphatic heterocycles. The minimum absolute atomic E-state index is 0.0477. The Bertz CT molecular complexity index is 163. The Morgan fingerprint density at radius 2 is 2.25 bits per heavy atom. The number of hydrogen-bond acceptors (Lipinski definition) is 3. The number of rotatable bonds is 2. The minimum atomic E-state index is -0.149. The van der Waals surface area contributed by atoms with Crippen molar-refractivity contribution >= 4 is 27.5 Å². The zero-order valence-corrected chi connectivity index (χ0v) is 8.92. The van der Waals surface area contributed by atoms with Gasteiger partial charge < -0.3 is 5.73 Å². The summed E-state index contributed by atoms with van der Waals surface area (Å²) in [5.74, 6) is -0.149. The third-order valence-electron chi connectivity index (χ3n) is 2.07. The van der Waals surface area contributed by atoms with Gasteiger partial charge in [0.05, 0.1) is 5.25 Å². The lowest BCUT2D eigenvalue weighted by Crippen LogP contribution is -2.24. The van der Waals surface area contributed by atoms with Crippen LogP contribution in [0.1, 0.15) is 32.6 Å². The molecule has 0 aromatic rings. The van der Waals surface area contributed by atoms with Crippen molar-refractivity contribution in [3.05, 3.63) is 0 Å². The van der Waals surface area contributed by atoms with E-state index in [4.69, 9.17) is 5.73 Å². The molecule has 1 aliphatic rings. The van der Waals surface area contributed by atoms with Gasteiger partial charge in [-0.25, -0.2) is 0 Å². The second kappa shape index (κ2) is 5.02. The van der Waals surface area contributed by atoms with E-state index in [9.17, 15) is 4.79 Å². The normalized spacial score (nSPS) is 31.1. The summed E-state index contributed by atoms with van der Waals surface area (Å²) in [5.41, 5.74) is 5.25. The molecule has 4 heteroatoms. The average molecular weight is 205 g/mol. The highest BCUT2D eigenvalue weighted by Crippen LogP contribution is 2.40. The van der Waals surface area contributed by atoms with Crippen molar-refractivity contribution in [1.29, 1.82) is 0 Å². The van der Waals surface area contributed by atoms with E-state index in [2.05, 4.69) is 6.92 Å². The molecule has 0 spiro atoms. The van der Waals surface area contributed by atoms with Gasteiger partial charge in [-0.1, -0.05) is 34.9 Å². The van der Waals surface area contributed by atoms with Gasteiger partial charge in [0.2, 0.25) is 5.91 Å². The van der Waals surface area contributed by atoms with E-state index in [1.807, 2.05) is 10.8 Å². The number of carbonyl (C=O) groups is 1. The maximum atomic E-state index is 10.9. The van der Waals surface area contributed by atoms with Crippen molar-refractivity contribution in [3.63, 3.8) is 0 Å². The molecule has 0 radical (unpaired) electrons. The molecule has 1 saturated heterocycles. The molecule has 0 aromatic carbocycles. The molecule has 1 amide bonds. The van der Waals surface area contributed by atoms with Crippen LogP contribution in [0.25, 0.3) is 0 Å². The summed E-state index contributed by atoms with van der Waals surface area (Å²) in [5, 5.41) is 0.769. The standard InChI is InChI=1S/C8H15NOS2/c1-2-6-4-3-5-7(8(9)10)12-11-6/h6-7H,2-5H2,1H3,(H2,9,10). The predicted molar refractivity (Wildman–Crippen MR) is 56.1 cm³/mol. The van der Waals surface area contributed by atoms with E-state index in [-0.39, 0.29) is 11.2 Å². The summed E-state index contributed by atoms with van der Waals surface area (Å²) >= 11 is 0. The summed E-state index contributed by atoms with van der Waals surface area (Å²) < 4.78 is 0. The highest BCUT2D eigenvalue weighted by molar-refractivity contribution is 8.77. The molecule has 1 rings (SSSR count). The number of carbonyl (C=O) groups excluding carboxylic acids is 1. The predicted octanol–water partition coefficient (Wildman–Crippen LogP) is 2.18. The molecule has 2 atom stereocenters. The Morgan fingerprint density at radius 1 is 1.50 bits per heavy atom. The topological polar surface area (TPSA) is 43.1 Å². The van der Waals surface area contributed by atoms with Crippen molar-refractivity contribution in [3.8, 4) is 0 Å². The molecule has 70 valence electrons. The Labute approximate surface area is 81.4 Å². The van der Waals surface area contributed by atoms with Crippen molar-refractivity contribution in [2.75, 3.05) is 0 Å². The lowest BCUT2D eigenvalue weighted by atomic mass is 10.1. The molecule has 0 bridgehead atoms. The van der Waals surface area contributed by atoms with E-state index < -0.39 is 0 Å². The summed E-state index contributed by atoms with van der Waals surface area (Å²) in [6.45, 7) is 2.20. The molecule has 2 unspecified atom stereocenters. The summed E-state index contributed by atoms with van der Waals surface area (Å²) in [7, 11) is 3.50. The van der Waals surface area contributed by atoms with Crippen molar-refractivity contribution in [1.82, 2.24) is 0 Å². The van der Waals surface area contributed by atoms with Crippen LogP contribution in [0.3, 0.4) is 0 Å². The van der Waals surface area contributed by atoms with E-state index in [0.717, 1.165) is 18.1 Å². The van der Waals surface area contributed by atoms with Crippen LogP contribution in [0.5, 0.6) is 0 Å². The van der Waals surface area contributed by atoms with Gasteiger partial charge >= 0.3 is 0 Å². The first-order chi connectivity index (χ1) is 5.74. The van der Waals surface area contributed by atoms with Crippen LogP contribution >= 0.6 is 21.6 Å². The van der Waals surface area contributed by atoms with E-state index >= 15 is 0 Å². The second-order valence-corrected chi connectivity index (χ2v) is 5.82. The number of nitrogens with two attached hydrogens (primary N) is 1. The van der Waals surface area contributed by atoms with Gasteiger partial charge in [-0.3, -0.25) is 4.79 Å². The van der Waals surface area contributed by atoms with Crippen LogP contribution in [0.2, 0.25) is 0 Å². The fourth-order valence-corrected chi connectivity index (χ4v) is 4.43. The minimum Gasteiger partial charge on any atom is -0.369 e. The van der Waals surface area contributed by atoms with Gasteiger partial charge in [0.25, 0.3) is 0 Å². The molecule has 1 fully saturated rings. The van der Waals surface area contributed by atoms with Crippen LogP contribution in [0, 0.1) is 0 Å². The summed E-state index contributed by atoms with van der Waals surface area (Å²) in [4.78, 5) is 10.9. The molecule has 2 N–H and O–H groups in total. The largest absolute Gasteiger partial charge is 0.369 e. The summed E-state index contributed by atoms with van der Waals surface area (Å²) in [6, 6.07) is 0. The average Bonchev–Trinajstić information content (AvgIpc) is 2.28. The van der Waals surface area contributed by atoms with E-state index in [1.165, 1.54) is 12.8 Å². The second-order valence-electron chi connectivity index (χ2n) is 3.04. The third kappa shape index (κ3) is 2.90. The molecule has 0 aromatic heterocycles. The first kappa shape index (κ1) is 10.3. The lowest BCUT2D eigenvalue weighted by molar-refractivity contribution is -0.117. The van der Waals surface area contributed by atoms with Gasteiger partial charge in [-0.15, -0.1) is 0 Å². The Balaban J connectivity index is 2.39. The van der Waals surface area contributed by atoms with Crippen molar-refractivity contribution in [2.24, 2.45) is 5.73 Å². The smallest absolute Gasteiger partial charge is 0.231 e. The molecular formula is C8H15NOS2. The van der Waals surface area contributed by atoms with Crippen LogP contribution in [-0.2, 0) is 4.79 Å². The van der Waals surface area contributed by atoms with Gasteiger partial charge in [-0.05, 0) is 19.3 Å². The Morgan fingerprint density at radius 3 is 2.83 bits per heavy atom. The molecule has 2 nitrogen and oxygen atoms in total. The Kier molecular flexibility index (Phi) is 4.29. The molecule has 0 aliphatic carbocycles. The van der Waals surface area contributed by atoms with Crippen molar-refractivity contribution < 1.29 is 4.79 Å². The van der Waals surface area contributed by atoms with Crippen LogP contribution in [0.15, 0.2) is 0 Å². The monoisotopic (exact) mass is 205 g/mol. The SMILES string of the molecule is CCC1CCCC(C(N)=O)SS1. The van der Waals surface area contributed by atoms with Gasteiger partial charge in [0.15, 0.2) is 0 Å². The fourth-order valence-electron chi connectivity index (χ4n) is 1.23. The van der Waals surface area contributed by atoms with E-state index in [0.29, 0.717) is 0 Å². The zero-order valence-electron chi connectivity index (χ0n) is 7.29. The van der Waals surface area contributed by atoms with Gasteiger partial charge in [-0.2, -0.15) is 0 Å². The molecule has 12 heavy (non-hydrogen) atoms. The summed E-state index contributed by atoms with van der Waals surface area (Å²) in [6.07, 6.45) is 4.54. The van der Waals surface area contributed by atoms with Gasteiger partial charge in [0, 0.05) is 5.25 Å². The highest BCUT2D eigenvalue weighted by atomic mass is 33.1. The number of hydrogen-bond donors (Lipinski definition) is 1. The molecule has 1 heterocycles. The first-order valence-electron chi connectivity index (χ1n) is 4.35. The molecular weight excluding hydrogens is 190 g/mol. The lowest BCUT2D eigenvalue weighted by Gasteiger charge is -2.09. The van der Waals surface area contributed by atoms with E-state index in [1.54, 1.807) is 10.8 Å². The zero-order chi connectivity index (χ0) is 8.97. The van der Waals surface area contributed by atoms with Crippen LogP contribution < -0.4 is 5.73 Å². The Hall–Kier alpha value is 0.170. The maximum absolute atomic E-state index is 10.9. The highest BCUT2D eigenvalue weighted by Gasteiger charge is 2.22. The quantitative estimate of drug-likeness (QED) is 0.703. The van der Waals surface area contributed by atoms with Gasteiger partial charge in [0.1, 0.15) is 0 Å². The number of primary amides is 1. The maximum Gasteiger partial charge on any atom is 0.231 e.